The number of aliphatic carboxylic acids is 1. The van der Waals surface area contributed by atoms with Crippen LogP contribution < -0.4 is 10.2 Å². The van der Waals surface area contributed by atoms with Gasteiger partial charge in [0.2, 0.25) is 11.8 Å². The highest BCUT2D eigenvalue weighted by atomic mass is 16.4. The van der Waals surface area contributed by atoms with Crippen LogP contribution in [0.1, 0.15) is 76.0 Å². The fraction of sp³-hybridized carbons (Fsp3) is 0.412. The molecule has 0 aliphatic rings. The number of aromatic nitrogens is 1. The molecule has 2 amide bonds. The van der Waals surface area contributed by atoms with Crippen LogP contribution in [0.2, 0.25) is 0 Å². The minimum atomic E-state index is -1.43. The molecule has 0 saturated heterocycles. The molecule has 0 aromatic carbocycles. The number of amides is 2. The molecule has 0 bridgehead atoms. The van der Waals surface area contributed by atoms with Gasteiger partial charge in [0.05, 0.1) is 24.4 Å². The fourth-order valence-corrected chi connectivity index (χ4v) is 3.87. The second-order valence-electron chi connectivity index (χ2n) is 9.79. The molecular weight excluding hydrogens is 546 g/mol. The Morgan fingerprint density at radius 2 is 1.37 bits per heavy atom. The average molecular weight is 594 g/mol. The summed E-state index contributed by atoms with van der Waals surface area (Å²) in [6, 6.07) is -1.43. The summed E-state index contributed by atoms with van der Waals surface area (Å²) in [7, 11) is 1.36. The van der Waals surface area contributed by atoms with Gasteiger partial charge in [-0.15, -0.1) is 0 Å². The maximum atomic E-state index is 12.8. The van der Waals surface area contributed by atoms with E-state index in [1.165, 1.54) is 20.2 Å². The number of aromatic hydroxyl groups is 1. The highest BCUT2D eigenvalue weighted by Gasteiger charge is 2.27. The van der Waals surface area contributed by atoms with Crippen molar-refractivity contribution in [3.8, 4) is 5.75 Å². The summed E-state index contributed by atoms with van der Waals surface area (Å²) in [5, 5.41) is 31.8. The molecule has 1 aromatic rings. The molecule has 0 spiro atoms. The SMILES string of the molecule is CC/C=C\C/C=C\C/C=C\C/C=C\C/C=C\C/C=C\CCC(=O)N[C@@H](CC(=O)N(C)c1c(CO)cnc(C)c1O)C(=O)O. The van der Waals surface area contributed by atoms with Crippen molar-refractivity contribution < 1.29 is 29.7 Å². The Morgan fingerprint density at radius 1 is 0.884 bits per heavy atom. The zero-order chi connectivity index (χ0) is 31.9. The van der Waals surface area contributed by atoms with Crippen molar-refractivity contribution >= 4 is 23.5 Å². The lowest BCUT2D eigenvalue weighted by atomic mass is 10.1. The van der Waals surface area contributed by atoms with Gasteiger partial charge in [0.25, 0.3) is 0 Å². The molecule has 0 aliphatic heterocycles. The van der Waals surface area contributed by atoms with Gasteiger partial charge in [-0.3, -0.25) is 14.6 Å². The molecule has 234 valence electrons. The van der Waals surface area contributed by atoms with Gasteiger partial charge in [-0.05, 0) is 51.9 Å². The molecule has 43 heavy (non-hydrogen) atoms. The molecule has 0 saturated carbocycles. The first kappa shape index (κ1) is 36.8. The number of hydrogen-bond acceptors (Lipinski definition) is 6. The van der Waals surface area contributed by atoms with Crippen molar-refractivity contribution in [2.45, 2.75) is 84.3 Å². The molecule has 1 heterocycles. The zero-order valence-corrected chi connectivity index (χ0v) is 25.6. The Kier molecular flexibility index (Phi) is 19.1. The molecule has 0 aliphatic carbocycles. The van der Waals surface area contributed by atoms with Crippen molar-refractivity contribution in [2.24, 2.45) is 0 Å². The largest absolute Gasteiger partial charge is 0.504 e. The second kappa shape index (κ2) is 22.4. The monoisotopic (exact) mass is 593 g/mol. The van der Waals surface area contributed by atoms with E-state index in [1.54, 1.807) is 0 Å². The first-order valence-electron chi connectivity index (χ1n) is 14.7. The van der Waals surface area contributed by atoms with E-state index < -0.39 is 36.9 Å². The van der Waals surface area contributed by atoms with Crippen LogP contribution in [0.5, 0.6) is 5.75 Å². The number of aliphatic hydroxyl groups is 1. The molecule has 9 heteroatoms. The number of hydrogen-bond donors (Lipinski definition) is 4. The molecule has 4 N–H and O–H groups in total. The number of carboxylic acid groups (broad SMARTS) is 1. The van der Waals surface area contributed by atoms with E-state index in [9.17, 15) is 29.7 Å². The third-order valence-electron chi connectivity index (χ3n) is 6.31. The molecule has 1 aromatic heterocycles. The first-order valence-corrected chi connectivity index (χ1v) is 14.7. The maximum Gasteiger partial charge on any atom is 0.326 e. The van der Waals surface area contributed by atoms with Crippen LogP contribution in [0.25, 0.3) is 0 Å². The lowest BCUT2D eigenvalue weighted by molar-refractivity contribution is -0.143. The molecule has 0 unspecified atom stereocenters. The fourth-order valence-electron chi connectivity index (χ4n) is 3.87. The minimum absolute atomic E-state index is 0.0492. The quantitative estimate of drug-likeness (QED) is 0.136. The third-order valence-corrected chi connectivity index (χ3v) is 6.31. The van der Waals surface area contributed by atoms with E-state index in [4.69, 9.17) is 0 Å². The molecule has 9 nitrogen and oxygen atoms in total. The Balaban J connectivity index is 2.35. The number of allylic oxidation sites excluding steroid dienone is 12. The van der Waals surface area contributed by atoms with Crippen molar-refractivity contribution in [3.63, 3.8) is 0 Å². The number of pyridine rings is 1. The number of carbonyl (C=O) groups excluding carboxylic acids is 2. The predicted octanol–water partition coefficient (Wildman–Crippen LogP) is 5.99. The Hall–Kier alpha value is -4.24. The van der Waals surface area contributed by atoms with E-state index in [-0.39, 0.29) is 29.1 Å². The lowest BCUT2D eigenvalue weighted by Crippen LogP contribution is -2.44. The van der Waals surface area contributed by atoms with Crippen LogP contribution in [0, 0.1) is 6.92 Å². The van der Waals surface area contributed by atoms with Gasteiger partial charge in [-0.1, -0.05) is 79.8 Å². The summed E-state index contributed by atoms with van der Waals surface area (Å²) in [6.45, 7) is 3.20. The van der Waals surface area contributed by atoms with Gasteiger partial charge in [-0.2, -0.15) is 0 Å². The molecule has 0 radical (unpaired) electrons. The Labute approximate surface area is 255 Å². The van der Waals surface area contributed by atoms with Crippen LogP contribution in [-0.4, -0.2) is 51.2 Å². The van der Waals surface area contributed by atoms with Crippen LogP contribution in [0.3, 0.4) is 0 Å². The standard InChI is InChI=1S/C34H47N3O6/c1-4-5-6-7-8-9-10-11-12-13-14-15-16-17-18-19-20-21-22-23-30(39)36-29(34(42)43)24-31(40)37(3)32-28(26-38)25-35-27(2)33(32)41/h5-6,8-9,11-12,14-15,17-18,20-21,25,29,38,41H,4,7,10,13,16,19,22-24,26H2,1-3H3,(H,36,39)(H,42,43)/b6-5-,9-8-,12-11-,15-14-,18-17-,21-20-/t29-/m0/s1. The van der Waals surface area contributed by atoms with Gasteiger partial charge in [0.1, 0.15) is 6.04 Å². The Bertz CT molecular complexity index is 1200. The number of nitrogens with one attached hydrogen (secondary N) is 1. The van der Waals surface area contributed by atoms with Crippen molar-refractivity contribution in [2.75, 3.05) is 11.9 Å². The number of carboxylic acids is 1. The summed E-state index contributed by atoms with van der Waals surface area (Å²) < 4.78 is 0. The molecule has 0 fully saturated rings. The summed E-state index contributed by atoms with van der Waals surface area (Å²) in [5.74, 6) is -2.77. The van der Waals surface area contributed by atoms with Gasteiger partial charge in [-0.25, -0.2) is 4.79 Å². The predicted molar refractivity (Wildman–Crippen MR) is 172 cm³/mol. The highest BCUT2D eigenvalue weighted by Crippen LogP contribution is 2.33. The van der Waals surface area contributed by atoms with Gasteiger partial charge in [0, 0.05) is 25.2 Å². The summed E-state index contributed by atoms with van der Waals surface area (Å²) in [4.78, 5) is 41.8. The van der Waals surface area contributed by atoms with Crippen LogP contribution >= 0.6 is 0 Å². The number of anilines is 1. The summed E-state index contributed by atoms with van der Waals surface area (Å²) in [6.07, 6.45) is 32.0. The number of carbonyl (C=O) groups is 3. The number of nitrogens with zero attached hydrogens (tertiary/aromatic N) is 2. The molecule has 1 atom stereocenters. The Morgan fingerprint density at radius 3 is 1.84 bits per heavy atom. The zero-order valence-electron chi connectivity index (χ0n) is 25.6. The molecule has 1 rings (SSSR count). The summed E-state index contributed by atoms with van der Waals surface area (Å²) >= 11 is 0. The smallest absolute Gasteiger partial charge is 0.326 e. The van der Waals surface area contributed by atoms with Crippen molar-refractivity contribution in [1.29, 1.82) is 0 Å². The number of aliphatic hydroxyl groups excluding tert-OH is 1. The molecular formula is C34H47N3O6. The van der Waals surface area contributed by atoms with Crippen LogP contribution in [-0.2, 0) is 21.0 Å². The van der Waals surface area contributed by atoms with E-state index in [2.05, 4.69) is 71.9 Å². The lowest BCUT2D eigenvalue weighted by Gasteiger charge is -2.23. The van der Waals surface area contributed by atoms with E-state index in [0.29, 0.717) is 6.42 Å². The van der Waals surface area contributed by atoms with Crippen LogP contribution in [0.4, 0.5) is 5.69 Å². The third kappa shape index (κ3) is 15.5. The van der Waals surface area contributed by atoms with Gasteiger partial charge in [0.15, 0.2) is 5.75 Å². The minimum Gasteiger partial charge on any atom is -0.504 e. The topological polar surface area (TPSA) is 140 Å². The van der Waals surface area contributed by atoms with Crippen molar-refractivity contribution in [1.82, 2.24) is 10.3 Å². The maximum absolute atomic E-state index is 12.8. The van der Waals surface area contributed by atoms with Crippen molar-refractivity contribution in [3.05, 3.63) is 90.4 Å². The number of rotatable bonds is 20. The van der Waals surface area contributed by atoms with E-state index in [0.717, 1.165) is 43.4 Å². The van der Waals surface area contributed by atoms with E-state index in [1.807, 2.05) is 18.2 Å². The van der Waals surface area contributed by atoms with Crippen LogP contribution in [0.15, 0.2) is 79.1 Å². The normalized spacial score (nSPS) is 12.9. The van der Waals surface area contributed by atoms with Gasteiger partial charge >= 0.3 is 5.97 Å². The second-order valence-corrected chi connectivity index (χ2v) is 9.79. The highest BCUT2D eigenvalue weighted by molar-refractivity contribution is 5.98. The average Bonchev–Trinajstić information content (AvgIpc) is 2.98. The first-order chi connectivity index (χ1) is 20.7. The van der Waals surface area contributed by atoms with Gasteiger partial charge < -0.3 is 25.5 Å². The van der Waals surface area contributed by atoms with E-state index >= 15 is 0 Å². The number of aryl methyl sites for hydroxylation is 1. The summed E-state index contributed by atoms with van der Waals surface area (Å²) in [5.41, 5.74) is 0.517.